The summed E-state index contributed by atoms with van der Waals surface area (Å²) in [4.78, 5) is 59.5. The maximum atomic E-state index is 14.6. The van der Waals surface area contributed by atoms with Gasteiger partial charge in [0, 0.05) is 24.4 Å². The first-order valence-electron chi connectivity index (χ1n) is 16.1. The number of aromatic hydroxyl groups is 2. The maximum Gasteiger partial charge on any atom is 0.241 e. The van der Waals surface area contributed by atoms with Crippen molar-refractivity contribution in [3.05, 3.63) is 107 Å². The third-order valence-electron chi connectivity index (χ3n) is 11.1. The second-order valence-corrected chi connectivity index (χ2v) is 13.5. The molecule has 9 nitrogen and oxygen atoms in total. The topological polar surface area (TPSA) is 124 Å². The first-order chi connectivity index (χ1) is 22.7. The van der Waals surface area contributed by atoms with Gasteiger partial charge in [-0.3, -0.25) is 24.1 Å². The number of carbonyl (C=O) groups excluding carboxylic acids is 4. The molecule has 0 radical (unpaired) electrons. The summed E-state index contributed by atoms with van der Waals surface area (Å²) in [6.45, 7) is 2.08. The first kappa shape index (κ1) is 29.2. The van der Waals surface area contributed by atoms with Crippen LogP contribution in [0.5, 0.6) is 17.2 Å². The normalized spacial score (nSPS) is 29.4. The molecule has 1 saturated carbocycles. The molecule has 0 aromatic heterocycles. The van der Waals surface area contributed by atoms with Crippen LogP contribution in [0.25, 0.3) is 0 Å². The second-order valence-electron chi connectivity index (χ2n) is 13.5. The van der Waals surface area contributed by atoms with Crippen molar-refractivity contribution >= 4 is 29.3 Å². The molecular weight excluding hydrogens is 596 g/mol. The highest BCUT2D eigenvalue weighted by Crippen LogP contribution is 2.62. The molecule has 3 aromatic carbocycles. The number of anilines is 1. The van der Waals surface area contributed by atoms with E-state index in [1.807, 2.05) is 19.1 Å². The highest BCUT2D eigenvalue weighted by molar-refractivity contribution is 6.24. The number of amides is 4. The van der Waals surface area contributed by atoms with E-state index in [2.05, 4.69) is 0 Å². The van der Waals surface area contributed by atoms with Crippen LogP contribution >= 0.6 is 0 Å². The van der Waals surface area contributed by atoms with Crippen LogP contribution in [0.4, 0.5) is 5.69 Å². The van der Waals surface area contributed by atoms with Gasteiger partial charge in [-0.05, 0) is 85.7 Å². The predicted molar refractivity (Wildman–Crippen MR) is 171 cm³/mol. The van der Waals surface area contributed by atoms with Crippen molar-refractivity contribution < 1.29 is 34.1 Å². The Bertz CT molecular complexity index is 1900. The molecule has 3 aromatic rings. The Morgan fingerprint density at radius 1 is 0.872 bits per heavy atom. The van der Waals surface area contributed by atoms with E-state index in [4.69, 9.17) is 4.74 Å². The van der Waals surface area contributed by atoms with Gasteiger partial charge < -0.3 is 14.9 Å². The zero-order chi connectivity index (χ0) is 32.6. The van der Waals surface area contributed by atoms with Crippen LogP contribution in [0.1, 0.15) is 30.9 Å². The van der Waals surface area contributed by atoms with Crippen LogP contribution in [-0.2, 0) is 32.0 Å². The number of phenolic OH excluding ortho intramolecular Hbond substituents is 2. The predicted octanol–water partition coefficient (Wildman–Crippen LogP) is 4.92. The van der Waals surface area contributed by atoms with E-state index >= 15 is 0 Å². The molecule has 0 unspecified atom stereocenters. The molecule has 2 aliphatic carbocycles. The van der Waals surface area contributed by atoms with Gasteiger partial charge in [0.25, 0.3) is 0 Å². The number of hydrogen-bond acceptors (Lipinski definition) is 7. The van der Waals surface area contributed by atoms with Crippen LogP contribution in [0, 0.1) is 35.0 Å². The second kappa shape index (κ2) is 10.7. The molecule has 238 valence electrons. The number of likely N-dealkylation sites (tertiary alicyclic amines) is 1. The van der Waals surface area contributed by atoms with Crippen molar-refractivity contribution in [2.75, 3.05) is 11.4 Å². The highest BCUT2D eigenvalue weighted by Gasteiger charge is 2.68. The van der Waals surface area contributed by atoms with Gasteiger partial charge in [-0.25, -0.2) is 4.90 Å². The Labute approximate surface area is 271 Å². The number of nitrogens with zero attached hydrogens (tertiary/aromatic N) is 2. The molecule has 8 rings (SSSR count). The summed E-state index contributed by atoms with van der Waals surface area (Å²) in [5.74, 6) is -3.03. The van der Waals surface area contributed by atoms with Crippen molar-refractivity contribution in [2.45, 2.75) is 32.6 Å². The molecule has 6 atom stereocenters. The number of hydrogen-bond donors (Lipinski definition) is 2. The van der Waals surface area contributed by atoms with Gasteiger partial charge in [0.05, 0.1) is 35.1 Å². The molecule has 47 heavy (non-hydrogen) atoms. The van der Waals surface area contributed by atoms with Crippen molar-refractivity contribution in [3.63, 3.8) is 0 Å². The van der Waals surface area contributed by atoms with E-state index in [0.29, 0.717) is 30.7 Å². The minimum atomic E-state index is -1.16. The molecule has 3 heterocycles. The first-order valence-corrected chi connectivity index (χ1v) is 16.1. The average Bonchev–Trinajstić information content (AvgIpc) is 3.43. The van der Waals surface area contributed by atoms with Crippen LogP contribution in [0.2, 0.25) is 0 Å². The number of ether oxygens (including phenoxy) is 1. The van der Waals surface area contributed by atoms with Crippen LogP contribution < -0.4 is 9.64 Å². The minimum absolute atomic E-state index is 0.101. The van der Waals surface area contributed by atoms with E-state index < -0.39 is 35.0 Å². The van der Waals surface area contributed by atoms with Crippen molar-refractivity contribution in [1.29, 1.82) is 0 Å². The molecule has 5 aliphatic rings. The van der Waals surface area contributed by atoms with Gasteiger partial charge in [-0.2, -0.15) is 0 Å². The Kier molecular flexibility index (Phi) is 6.65. The smallest absolute Gasteiger partial charge is 0.241 e. The minimum Gasteiger partial charge on any atom is -0.508 e. The van der Waals surface area contributed by atoms with Gasteiger partial charge in [0.2, 0.25) is 23.6 Å². The molecule has 3 fully saturated rings. The number of imide groups is 2. The summed E-state index contributed by atoms with van der Waals surface area (Å²) in [7, 11) is 0. The zero-order valence-electron chi connectivity index (χ0n) is 25.8. The summed E-state index contributed by atoms with van der Waals surface area (Å²) >= 11 is 0. The fraction of sp³-hybridized carbons (Fsp3) is 0.316. The number of phenols is 2. The Balaban J connectivity index is 1.18. The van der Waals surface area contributed by atoms with E-state index in [9.17, 15) is 29.4 Å². The monoisotopic (exact) mass is 630 g/mol. The standard InChI is InChI=1S/C38H34N2O7/c1-38-30(35(44)40(37(38)46)24-5-3-2-4-6-24)19-29-27(33(38)23-17-22-18-26(42)11-14-31(22)47-20-23)12-13-28-32(29)36(45)39(34(28)43)16-15-21-7-9-25(41)10-8-21/h2-12,14,18,20,28-30,32-33,41-42H,13,15-17,19H2,1H3/t28-,29+,30-,32-,33-,38+/m0/s1. The quantitative estimate of drug-likeness (QED) is 0.303. The highest BCUT2D eigenvalue weighted by atomic mass is 16.5. The number of para-hydroxylation sites is 1. The lowest BCUT2D eigenvalue weighted by Crippen LogP contribution is -2.51. The van der Waals surface area contributed by atoms with Gasteiger partial charge in [0.15, 0.2) is 0 Å². The molecule has 9 heteroatoms. The molecule has 2 N–H and O–H groups in total. The lowest BCUT2D eigenvalue weighted by atomic mass is 9.51. The summed E-state index contributed by atoms with van der Waals surface area (Å²) < 4.78 is 6.06. The van der Waals surface area contributed by atoms with Gasteiger partial charge >= 0.3 is 0 Å². The summed E-state index contributed by atoms with van der Waals surface area (Å²) in [5, 5.41) is 19.9. The number of benzene rings is 3. The maximum absolute atomic E-state index is 14.6. The van der Waals surface area contributed by atoms with E-state index in [1.54, 1.807) is 73.0 Å². The molecule has 0 bridgehead atoms. The third kappa shape index (κ3) is 4.36. The third-order valence-corrected chi connectivity index (χ3v) is 11.1. The summed E-state index contributed by atoms with van der Waals surface area (Å²) in [6, 6.07) is 20.5. The van der Waals surface area contributed by atoms with Gasteiger partial charge in [0.1, 0.15) is 17.2 Å². The number of fused-ring (bicyclic) bond motifs is 5. The van der Waals surface area contributed by atoms with Crippen molar-refractivity contribution in [1.82, 2.24) is 4.90 Å². The van der Waals surface area contributed by atoms with Gasteiger partial charge in [-0.15, -0.1) is 0 Å². The number of allylic oxidation sites excluding steroid dienone is 3. The molecular formula is C38H34N2O7. The fourth-order valence-electron chi connectivity index (χ4n) is 8.86. The zero-order valence-corrected chi connectivity index (χ0v) is 25.8. The Morgan fingerprint density at radius 3 is 2.38 bits per heavy atom. The SMILES string of the molecule is C[C@@]12C(=O)N(c3ccccc3)C(=O)[C@@H]1C[C@@H]1C(=CC[C@@H]3C(=O)N(CCc4ccc(O)cc4)C(=O)[C@@H]31)[C@@H]2C1=COc2ccc(O)cc2C1. The number of rotatable bonds is 5. The molecule has 2 saturated heterocycles. The molecule has 3 aliphatic heterocycles. The lowest BCUT2D eigenvalue weighted by Gasteiger charge is -2.49. The largest absolute Gasteiger partial charge is 0.508 e. The van der Waals surface area contributed by atoms with Crippen molar-refractivity contribution in [3.8, 4) is 17.2 Å². The average molecular weight is 631 g/mol. The van der Waals surface area contributed by atoms with Crippen LogP contribution in [-0.4, -0.2) is 45.3 Å². The number of carbonyl (C=O) groups is 4. The van der Waals surface area contributed by atoms with Gasteiger partial charge in [-0.1, -0.05) is 42.0 Å². The van der Waals surface area contributed by atoms with Crippen LogP contribution in [0.3, 0.4) is 0 Å². The van der Waals surface area contributed by atoms with E-state index in [-0.39, 0.29) is 48.1 Å². The van der Waals surface area contributed by atoms with Crippen LogP contribution in [0.15, 0.2) is 96.3 Å². The molecule has 0 spiro atoms. The van der Waals surface area contributed by atoms with E-state index in [1.165, 1.54) is 9.80 Å². The fourth-order valence-corrected chi connectivity index (χ4v) is 8.86. The Morgan fingerprint density at radius 2 is 1.62 bits per heavy atom. The summed E-state index contributed by atoms with van der Waals surface area (Å²) in [5.41, 5.74) is 2.71. The van der Waals surface area contributed by atoms with E-state index in [0.717, 1.165) is 22.3 Å². The van der Waals surface area contributed by atoms with Crippen molar-refractivity contribution in [2.24, 2.45) is 35.0 Å². The lowest BCUT2D eigenvalue weighted by molar-refractivity contribution is -0.140. The summed E-state index contributed by atoms with van der Waals surface area (Å²) in [6.07, 6.45) is 5.20. The Hall–Kier alpha value is -5.18. The molecule has 4 amide bonds.